The standard InChI is InChI=1S/C15H15BrO3/c1-18-13-7-5-11(6-8-13)10-19-15-12(9-17)3-2-4-14(15)16/h2-8,17H,9-10H2,1H3. The molecule has 19 heavy (non-hydrogen) atoms. The van der Waals surface area contributed by atoms with Gasteiger partial charge in [-0.25, -0.2) is 0 Å². The fourth-order valence-electron chi connectivity index (χ4n) is 1.72. The predicted molar refractivity (Wildman–Crippen MR) is 77.4 cm³/mol. The number of aliphatic hydroxyl groups excluding tert-OH is 1. The van der Waals surface area contributed by atoms with Crippen molar-refractivity contribution in [1.29, 1.82) is 0 Å². The Kier molecular flexibility index (Phi) is 4.82. The van der Waals surface area contributed by atoms with Crippen molar-refractivity contribution in [1.82, 2.24) is 0 Å². The molecule has 1 N–H and O–H groups in total. The van der Waals surface area contributed by atoms with Gasteiger partial charge < -0.3 is 14.6 Å². The third kappa shape index (κ3) is 3.49. The molecule has 2 aromatic rings. The lowest BCUT2D eigenvalue weighted by atomic mass is 10.2. The Morgan fingerprint density at radius 2 is 1.84 bits per heavy atom. The molecule has 0 heterocycles. The van der Waals surface area contributed by atoms with Gasteiger partial charge in [0.15, 0.2) is 0 Å². The fourth-order valence-corrected chi connectivity index (χ4v) is 2.24. The molecule has 100 valence electrons. The van der Waals surface area contributed by atoms with E-state index in [0.29, 0.717) is 12.4 Å². The summed E-state index contributed by atoms with van der Waals surface area (Å²) in [6.07, 6.45) is 0. The van der Waals surface area contributed by atoms with Gasteiger partial charge in [-0.05, 0) is 39.7 Å². The molecule has 0 saturated carbocycles. The molecular formula is C15H15BrO3. The maximum atomic E-state index is 9.29. The van der Waals surface area contributed by atoms with Crippen LogP contribution in [0.3, 0.4) is 0 Å². The molecule has 3 nitrogen and oxygen atoms in total. The summed E-state index contributed by atoms with van der Waals surface area (Å²) in [7, 11) is 1.64. The van der Waals surface area contributed by atoms with Gasteiger partial charge in [-0.3, -0.25) is 0 Å². The molecule has 0 atom stereocenters. The molecule has 4 heteroatoms. The van der Waals surface area contributed by atoms with Crippen molar-refractivity contribution >= 4 is 15.9 Å². The summed E-state index contributed by atoms with van der Waals surface area (Å²) in [6.45, 7) is 0.400. The van der Waals surface area contributed by atoms with Crippen LogP contribution in [-0.4, -0.2) is 12.2 Å². The van der Waals surface area contributed by atoms with Crippen molar-refractivity contribution in [3.8, 4) is 11.5 Å². The van der Waals surface area contributed by atoms with Crippen LogP contribution < -0.4 is 9.47 Å². The highest BCUT2D eigenvalue weighted by Crippen LogP contribution is 2.30. The van der Waals surface area contributed by atoms with E-state index in [1.807, 2.05) is 42.5 Å². The zero-order valence-corrected chi connectivity index (χ0v) is 12.2. The first-order valence-electron chi connectivity index (χ1n) is 5.88. The van der Waals surface area contributed by atoms with E-state index in [2.05, 4.69) is 15.9 Å². The smallest absolute Gasteiger partial charge is 0.139 e. The number of rotatable bonds is 5. The molecule has 0 fully saturated rings. The molecule has 2 aromatic carbocycles. The number of hydrogen-bond acceptors (Lipinski definition) is 3. The van der Waals surface area contributed by atoms with Gasteiger partial charge in [0.1, 0.15) is 18.1 Å². The zero-order chi connectivity index (χ0) is 13.7. The van der Waals surface area contributed by atoms with Crippen molar-refractivity contribution < 1.29 is 14.6 Å². The number of para-hydroxylation sites is 1. The molecule has 0 aromatic heterocycles. The van der Waals surface area contributed by atoms with Crippen molar-refractivity contribution in [2.45, 2.75) is 13.2 Å². The van der Waals surface area contributed by atoms with E-state index in [9.17, 15) is 5.11 Å². The Morgan fingerprint density at radius 3 is 2.47 bits per heavy atom. The van der Waals surface area contributed by atoms with Crippen LogP contribution >= 0.6 is 15.9 Å². The summed E-state index contributed by atoms with van der Waals surface area (Å²) in [6, 6.07) is 13.3. The maximum absolute atomic E-state index is 9.29. The fraction of sp³-hybridized carbons (Fsp3) is 0.200. The molecule has 0 bridgehead atoms. The third-order valence-electron chi connectivity index (χ3n) is 2.76. The van der Waals surface area contributed by atoms with Crippen LogP contribution in [0.1, 0.15) is 11.1 Å². The number of aliphatic hydroxyl groups is 1. The van der Waals surface area contributed by atoms with E-state index in [1.54, 1.807) is 7.11 Å². The third-order valence-corrected chi connectivity index (χ3v) is 3.39. The highest BCUT2D eigenvalue weighted by atomic mass is 79.9. The summed E-state index contributed by atoms with van der Waals surface area (Å²) < 4.78 is 11.7. The Balaban J connectivity index is 2.09. The normalized spacial score (nSPS) is 10.3. The van der Waals surface area contributed by atoms with Gasteiger partial charge in [0, 0.05) is 5.56 Å². The Bertz CT molecular complexity index is 538. The quantitative estimate of drug-likeness (QED) is 0.915. The van der Waals surface area contributed by atoms with E-state index in [0.717, 1.165) is 21.3 Å². The lowest BCUT2D eigenvalue weighted by Gasteiger charge is -2.12. The van der Waals surface area contributed by atoms with Crippen LogP contribution in [0.5, 0.6) is 11.5 Å². The van der Waals surface area contributed by atoms with Crippen LogP contribution in [0.25, 0.3) is 0 Å². The maximum Gasteiger partial charge on any atom is 0.139 e. The molecule has 2 rings (SSSR count). The largest absolute Gasteiger partial charge is 0.497 e. The monoisotopic (exact) mass is 322 g/mol. The van der Waals surface area contributed by atoms with Gasteiger partial charge in [0.2, 0.25) is 0 Å². The second kappa shape index (κ2) is 6.59. The predicted octanol–water partition coefficient (Wildman–Crippen LogP) is 3.53. The topological polar surface area (TPSA) is 38.7 Å². The van der Waals surface area contributed by atoms with Gasteiger partial charge in [-0.2, -0.15) is 0 Å². The van der Waals surface area contributed by atoms with E-state index < -0.39 is 0 Å². The second-order valence-corrected chi connectivity index (χ2v) is 4.88. The Hall–Kier alpha value is -1.52. The number of hydrogen-bond donors (Lipinski definition) is 1. The van der Waals surface area contributed by atoms with Crippen molar-refractivity contribution in [2.75, 3.05) is 7.11 Å². The molecule has 0 radical (unpaired) electrons. The zero-order valence-electron chi connectivity index (χ0n) is 10.6. The van der Waals surface area contributed by atoms with Crippen molar-refractivity contribution in [3.05, 3.63) is 58.1 Å². The minimum Gasteiger partial charge on any atom is -0.497 e. The average molecular weight is 323 g/mol. The Morgan fingerprint density at radius 1 is 1.11 bits per heavy atom. The Labute approximate surface area is 120 Å². The number of methoxy groups -OCH3 is 1. The average Bonchev–Trinajstić information content (AvgIpc) is 2.46. The first kappa shape index (κ1) is 13.9. The lowest BCUT2D eigenvalue weighted by molar-refractivity contribution is 0.258. The number of halogens is 1. The highest BCUT2D eigenvalue weighted by Gasteiger charge is 2.07. The molecule has 0 unspecified atom stereocenters. The summed E-state index contributed by atoms with van der Waals surface area (Å²) >= 11 is 3.43. The molecule has 0 aliphatic carbocycles. The van der Waals surface area contributed by atoms with Gasteiger partial charge in [0.25, 0.3) is 0 Å². The van der Waals surface area contributed by atoms with Crippen molar-refractivity contribution in [2.24, 2.45) is 0 Å². The molecule has 0 aliphatic rings. The minimum absolute atomic E-state index is 0.0443. The highest BCUT2D eigenvalue weighted by molar-refractivity contribution is 9.10. The first-order chi connectivity index (χ1) is 9.24. The SMILES string of the molecule is COc1ccc(COc2c(Br)cccc2CO)cc1. The lowest BCUT2D eigenvalue weighted by Crippen LogP contribution is -1.99. The molecule has 0 spiro atoms. The van der Waals surface area contributed by atoms with Crippen molar-refractivity contribution in [3.63, 3.8) is 0 Å². The van der Waals surface area contributed by atoms with E-state index in [4.69, 9.17) is 9.47 Å². The molecule has 0 saturated heterocycles. The minimum atomic E-state index is -0.0443. The summed E-state index contributed by atoms with van der Waals surface area (Å²) in [5, 5.41) is 9.29. The number of ether oxygens (including phenoxy) is 2. The van der Waals surface area contributed by atoms with Crippen LogP contribution in [0, 0.1) is 0 Å². The van der Waals surface area contributed by atoms with E-state index in [-0.39, 0.29) is 6.61 Å². The summed E-state index contributed by atoms with van der Waals surface area (Å²) in [4.78, 5) is 0. The van der Waals surface area contributed by atoms with Crippen LogP contribution in [-0.2, 0) is 13.2 Å². The second-order valence-electron chi connectivity index (χ2n) is 4.02. The van der Waals surface area contributed by atoms with Gasteiger partial charge in [0.05, 0.1) is 18.2 Å². The van der Waals surface area contributed by atoms with Crippen LogP contribution in [0.15, 0.2) is 46.9 Å². The first-order valence-corrected chi connectivity index (χ1v) is 6.68. The van der Waals surface area contributed by atoms with Gasteiger partial charge in [-0.1, -0.05) is 24.3 Å². The summed E-state index contributed by atoms with van der Waals surface area (Å²) in [5.41, 5.74) is 1.81. The van der Waals surface area contributed by atoms with E-state index >= 15 is 0 Å². The van der Waals surface area contributed by atoms with Crippen LogP contribution in [0.4, 0.5) is 0 Å². The number of benzene rings is 2. The van der Waals surface area contributed by atoms with Crippen LogP contribution in [0.2, 0.25) is 0 Å². The molecule has 0 amide bonds. The van der Waals surface area contributed by atoms with E-state index in [1.165, 1.54) is 0 Å². The summed E-state index contributed by atoms with van der Waals surface area (Å²) in [5.74, 6) is 1.50. The van der Waals surface area contributed by atoms with Gasteiger partial charge in [-0.15, -0.1) is 0 Å². The van der Waals surface area contributed by atoms with Gasteiger partial charge >= 0.3 is 0 Å². The molecule has 0 aliphatic heterocycles. The molecular weight excluding hydrogens is 308 g/mol.